The quantitative estimate of drug-likeness (QED) is 0.200. The number of hydrogen-bond acceptors (Lipinski definition) is 4. The van der Waals surface area contributed by atoms with Crippen molar-refractivity contribution >= 4 is 18.6 Å². The second-order valence-corrected chi connectivity index (χ2v) is 12.4. The summed E-state index contributed by atoms with van der Waals surface area (Å²) in [5.74, 6) is 0. The molecule has 0 aromatic rings. The summed E-state index contributed by atoms with van der Waals surface area (Å²) >= 11 is 0. The van der Waals surface area contributed by atoms with E-state index < -0.39 is 18.6 Å². The first kappa shape index (κ1) is 26.3. The summed E-state index contributed by atoms with van der Waals surface area (Å²) in [5.41, 5.74) is 0. The van der Waals surface area contributed by atoms with E-state index in [0.717, 1.165) is 58.5 Å². The third-order valence-electron chi connectivity index (χ3n) is 4.29. The lowest BCUT2D eigenvalue weighted by atomic mass is 10.1. The predicted molar refractivity (Wildman–Crippen MR) is 116 cm³/mol. The highest BCUT2D eigenvalue weighted by molar-refractivity contribution is 6.67. The molecule has 0 aliphatic carbocycles. The molecule has 0 aromatic carbocycles. The zero-order valence-electron chi connectivity index (χ0n) is 18.3. The summed E-state index contributed by atoms with van der Waals surface area (Å²) in [6, 6.07) is 0. The van der Waals surface area contributed by atoms with E-state index in [0.29, 0.717) is 5.16 Å². The van der Waals surface area contributed by atoms with Crippen molar-refractivity contribution in [3.8, 4) is 0 Å². The van der Waals surface area contributed by atoms with Gasteiger partial charge in [-0.3, -0.25) is 0 Å². The molecule has 0 spiro atoms. The van der Waals surface area contributed by atoms with Crippen molar-refractivity contribution in [3.05, 3.63) is 0 Å². The maximum Gasteiger partial charge on any atom is 0.326 e. The summed E-state index contributed by atoms with van der Waals surface area (Å²) in [6.45, 7) is 14.1. The monoisotopic (exact) mass is 406 g/mol. The average Bonchev–Trinajstić information content (AvgIpc) is 2.66. The van der Waals surface area contributed by atoms with Crippen LogP contribution in [0.3, 0.4) is 0 Å². The van der Waals surface area contributed by atoms with Gasteiger partial charge in [-0.2, -0.15) is 0 Å². The molecule has 0 N–H and O–H groups in total. The van der Waals surface area contributed by atoms with Gasteiger partial charge >= 0.3 is 18.6 Å². The van der Waals surface area contributed by atoms with Crippen LogP contribution in [0.1, 0.15) is 98.8 Å². The minimum Gasteiger partial charge on any atom is -0.396 e. The van der Waals surface area contributed by atoms with Crippen LogP contribution in [0, 0.1) is 0 Å². The van der Waals surface area contributed by atoms with Crippen LogP contribution in [0.25, 0.3) is 0 Å². The third-order valence-corrected chi connectivity index (χ3v) is 10.5. The molecule has 0 amide bonds. The van der Waals surface area contributed by atoms with E-state index >= 15 is 0 Å². The summed E-state index contributed by atoms with van der Waals surface area (Å²) in [5, 5.41) is 0.410. The second kappa shape index (κ2) is 20.0. The van der Waals surface area contributed by atoms with Gasteiger partial charge < -0.3 is 17.7 Å². The topological polar surface area (TPSA) is 36.9 Å². The highest BCUT2D eigenvalue weighted by atomic mass is 28.4. The Morgan fingerprint density at radius 1 is 0.500 bits per heavy atom. The Hall–Kier alpha value is 0.274. The molecule has 0 fully saturated rings. The van der Waals surface area contributed by atoms with Gasteiger partial charge in [-0.15, -0.1) is 0 Å². The third kappa shape index (κ3) is 13.4. The number of unbranched alkanes of at least 4 members (excludes halogenated alkanes) is 4. The van der Waals surface area contributed by atoms with Gasteiger partial charge in [0.2, 0.25) is 0 Å². The molecule has 158 valence electrons. The maximum atomic E-state index is 6.27. The van der Waals surface area contributed by atoms with E-state index in [2.05, 4.69) is 34.6 Å². The Morgan fingerprint density at radius 2 is 0.885 bits per heavy atom. The van der Waals surface area contributed by atoms with Crippen LogP contribution in [-0.2, 0) is 17.7 Å². The van der Waals surface area contributed by atoms with Gasteiger partial charge in [-0.05, 0) is 32.1 Å². The van der Waals surface area contributed by atoms with Gasteiger partial charge in [0, 0.05) is 31.6 Å². The molecular formula is C20H46O4Si2. The fourth-order valence-electron chi connectivity index (χ4n) is 2.91. The Kier molecular flexibility index (Phi) is 20.2. The fraction of sp³-hybridized carbons (Fsp3) is 1.00. The van der Waals surface area contributed by atoms with Crippen LogP contribution in [0.2, 0.25) is 5.16 Å². The lowest BCUT2D eigenvalue weighted by Gasteiger charge is -2.30. The molecule has 0 aliphatic rings. The lowest BCUT2D eigenvalue weighted by molar-refractivity contribution is 0.165. The molecule has 0 aliphatic heterocycles. The van der Waals surface area contributed by atoms with Crippen LogP contribution in [0.15, 0.2) is 0 Å². The Balaban J connectivity index is 4.99. The first-order valence-corrected chi connectivity index (χ1v) is 14.4. The zero-order valence-corrected chi connectivity index (χ0v) is 20.6. The molecule has 0 atom stereocenters. The van der Waals surface area contributed by atoms with Crippen LogP contribution in [0.5, 0.6) is 0 Å². The molecule has 0 aromatic heterocycles. The molecule has 4 nitrogen and oxygen atoms in total. The summed E-state index contributed by atoms with van der Waals surface area (Å²) in [4.78, 5) is 0. The molecule has 0 radical (unpaired) electrons. The molecule has 0 heterocycles. The van der Waals surface area contributed by atoms with Crippen molar-refractivity contribution in [2.24, 2.45) is 0 Å². The Bertz CT molecular complexity index is 247. The molecule has 0 saturated carbocycles. The summed E-state index contributed by atoms with van der Waals surface area (Å²) < 4.78 is 25.1. The SMILES string of the molecule is CCCCCCCC([SiH](OCCC)OCCC)[SiH](OCCC)OCCC. The molecule has 6 heteroatoms. The largest absolute Gasteiger partial charge is 0.396 e. The molecule has 0 bridgehead atoms. The van der Waals surface area contributed by atoms with E-state index in [9.17, 15) is 0 Å². The maximum absolute atomic E-state index is 6.27. The highest BCUT2D eigenvalue weighted by Gasteiger charge is 2.37. The van der Waals surface area contributed by atoms with Crippen LogP contribution in [0.4, 0.5) is 0 Å². The standard InChI is InChI=1S/C20H46O4Si2/c1-6-11-12-13-14-15-20(25(21-16-7-2)22-17-8-3)26(23-18-9-4)24-19-10-5/h20,25-26H,6-19H2,1-5H3. The van der Waals surface area contributed by atoms with Crippen molar-refractivity contribution in [3.63, 3.8) is 0 Å². The highest BCUT2D eigenvalue weighted by Crippen LogP contribution is 2.27. The van der Waals surface area contributed by atoms with Gasteiger partial charge in [0.05, 0.1) is 0 Å². The molecule has 0 saturated heterocycles. The van der Waals surface area contributed by atoms with Crippen molar-refractivity contribution in [2.75, 3.05) is 26.4 Å². The normalized spacial score (nSPS) is 12.0. The molecule has 0 unspecified atom stereocenters. The van der Waals surface area contributed by atoms with Gasteiger partial charge in [0.25, 0.3) is 0 Å². The minimum atomic E-state index is -1.77. The summed E-state index contributed by atoms with van der Waals surface area (Å²) in [6.07, 6.45) is 11.8. The van der Waals surface area contributed by atoms with Crippen molar-refractivity contribution < 1.29 is 17.7 Å². The van der Waals surface area contributed by atoms with Gasteiger partial charge in [-0.1, -0.05) is 66.7 Å². The van der Waals surface area contributed by atoms with Crippen molar-refractivity contribution in [2.45, 2.75) is 104 Å². The Morgan fingerprint density at radius 3 is 1.23 bits per heavy atom. The fourth-order valence-corrected chi connectivity index (χ4v) is 9.34. The first-order valence-electron chi connectivity index (χ1n) is 11.2. The number of rotatable bonds is 20. The second-order valence-electron chi connectivity index (χ2n) is 7.09. The van der Waals surface area contributed by atoms with Crippen LogP contribution < -0.4 is 0 Å². The molecule has 0 rings (SSSR count). The van der Waals surface area contributed by atoms with Gasteiger partial charge in [0.1, 0.15) is 0 Å². The average molecular weight is 407 g/mol. The lowest BCUT2D eigenvalue weighted by Crippen LogP contribution is -2.42. The van der Waals surface area contributed by atoms with Gasteiger partial charge in [-0.25, -0.2) is 0 Å². The van der Waals surface area contributed by atoms with E-state index in [1.807, 2.05) is 0 Å². The molecular weight excluding hydrogens is 360 g/mol. The summed E-state index contributed by atoms with van der Waals surface area (Å²) in [7, 11) is -3.55. The van der Waals surface area contributed by atoms with E-state index in [1.54, 1.807) is 0 Å². The number of hydrogen-bond donors (Lipinski definition) is 0. The van der Waals surface area contributed by atoms with E-state index in [1.165, 1.54) is 32.1 Å². The van der Waals surface area contributed by atoms with E-state index in [4.69, 9.17) is 17.7 Å². The van der Waals surface area contributed by atoms with Crippen molar-refractivity contribution in [1.82, 2.24) is 0 Å². The van der Waals surface area contributed by atoms with Crippen LogP contribution >= 0.6 is 0 Å². The predicted octanol–water partition coefficient (Wildman–Crippen LogP) is 5.40. The van der Waals surface area contributed by atoms with E-state index in [-0.39, 0.29) is 0 Å². The van der Waals surface area contributed by atoms with Gasteiger partial charge in [0.15, 0.2) is 0 Å². The van der Waals surface area contributed by atoms with Crippen LogP contribution in [-0.4, -0.2) is 45.0 Å². The first-order chi connectivity index (χ1) is 12.7. The molecule has 26 heavy (non-hydrogen) atoms. The zero-order chi connectivity index (χ0) is 19.5. The van der Waals surface area contributed by atoms with Crippen molar-refractivity contribution in [1.29, 1.82) is 0 Å². The minimum absolute atomic E-state index is 0.410. The smallest absolute Gasteiger partial charge is 0.326 e. The Labute approximate surface area is 167 Å².